The van der Waals surface area contributed by atoms with E-state index in [0.29, 0.717) is 5.56 Å². The standard InChI is InChI=1S/C19H20FNO5S/c1-3-14-4-6-15(7-5-14)19(23)13(2)26-18(22)12-21-27(24,25)17-10-8-16(20)9-11-17/h4-11,13,21H,3,12H2,1-2H3/t13-/m1/s1. The molecule has 1 N–H and O–H groups in total. The lowest BCUT2D eigenvalue weighted by molar-refractivity contribution is -0.144. The molecule has 0 bridgehead atoms. The van der Waals surface area contributed by atoms with Crippen LogP contribution in [0.5, 0.6) is 0 Å². The topological polar surface area (TPSA) is 89.5 Å². The van der Waals surface area contributed by atoms with Crippen molar-refractivity contribution in [3.05, 3.63) is 65.5 Å². The summed E-state index contributed by atoms with van der Waals surface area (Å²) in [6, 6.07) is 11.1. The molecule has 0 heterocycles. The van der Waals surface area contributed by atoms with Crippen LogP contribution in [-0.2, 0) is 26.0 Å². The van der Waals surface area contributed by atoms with Crippen molar-refractivity contribution in [1.82, 2.24) is 4.72 Å². The van der Waals surface area contributed by atoms with Crippen LogP contribution in [0.3, 0.4) is 0 Å². The first-order chi connectivity index (χ1) is 12.7. The maximum atomic E-state index is 12.9. The fraction of sp³-hybridized carbons (Fsp3) is 0.263. The summed E-state index contributed by atoms with van der Waals surface area (Å²) in [7, 11) is -3.99. The van der Waals surface area contributed by atoms with Gasteiger partial charge in [-0.3, -0.25) is 9.59 Å². The maximum Gasteiger partial charge on any atom is 0.321 e. The van der Waals surface area contributed by atoms with E-state index in [2.05, 4.69) is 4.72 Å². The van der Waals surface area contributed by atoms with Gasteiger partial charge in [0.25, 0.3) is 0 Å². The Kier molecular flexibility index (Phi) is 6.81. The Hall–Kier alpha value is -2.58. The number of rotatable bonds is 8. The number of benzene rings is 2. The second-order valence-corrected chi connectivity index (χ2v) is 7.59. The lowest BCUT2D eigenvalue weighted by atomic mass is 10.0. The van der Waals surface area contributed by atoms with Crippen molar-refractivity contribution in [2.75, 3.05) is 6.54 Å². The van der Waals surface area contributed by atoms with Gasteiger partial charge in [-0.1, -0.05) is 31.2 Å². The molecule has 0 aliphatic heterocycles. The second-order valence-electron chi connectivity index (χ2n) is 5.83. The van der Waals surface area contributed by atoms with Crippen LogP contribution in [-0.4, -0.2) is 32.8 Å². The minimum atomic E-state index is -3.99. The molecule has 0 aliphatic rings. The normalized spacial score (nSPS) is 12.4. The Balaban J connectivity index is 1.92. The summed E-state index contributed by atoms with van der Waals surface area (Å²) >= 11 is 0. The molecular formula is C19H20FNO5S. The fourth-order valence-electron chi connectivity index (χ4n) is 2.28. The average Bonchev–Trinajstić information content (AvgIpc) is 2.66. The molecule has 0 saturated heterocycles. The van der Waals surface area contributed by atoms with Crippen molar-refractivity contribution in [3.63, 3.8) is 0 Å². The largest absolute Gasteiger partial charge is 0.453 e. The first-order valence-electron chi connectivity index (χ1n) is 8.31. The summed E-state index contributed by atoms with van der Waals surface area (Å²) in [6.45, 7) is 2.77. The van der Waals surface area contributed by atoms with Gasteiger partial charge in [-0.25, -0.2) is 12.8 Å². The molecule has 0 spiro atoms. The number of aryl methyl sites for hydroxylation is 1. The Labute approximate surface area is 157 Å². The van der Waals surface area contributed by atoms with E-state index in [0.717, 1.165) is 36.2 Å². The molecule has 0 saturated carbocycles. The van der Waals surface area contributed by atoms with Gasteiger partial charge < -0.3 is 4.74 Å². The van der Waals surface area contributed by atoms with Crippen LogP contribution in [0.1, 0.15) is 29.8 Å². The quantitative estimate of drug-likeness (QED) is 0.550. The molecule has 1 atom stereocenters. The van der Waals surface area contributed by atoms with Gasteiger partial charge in [0.15, 0.2) is 6.10 Å². The monoisotopic (exact) mass is 393 g/mol. The fourth-order valence-corrected chi connectivity index (χ4v) is 3.25. The van der Waals surface area contributed by atoms with Crippen LogP contribution in [0.15, 0.2) is 53.4 Å². The zero-order valence-corrected chi connectivity index (χ0v) is 15.8. The molecule has 2 rings (SSSR count). The van der Waals surface area contributed by atoms with E-state index in [1.807, 2.05) is 19.1 Å². The number of halogens is 1. The van der Waals surface area contributed by atoms with Crippen molar-refractivity contribution < 1.29 is 27.1 Å². The predicted octanol–water partition coefficient (Wildman–Crippen LogP) is 2.48. The Morgan fingerprint density at radius 2 is 1.67 bits per heavy atom. The summed E-state index contributed by atoms with van der Waals surface area (Å²) in [5, 5.41) is 0. The first kappa shape index (κ1) is 20.7. The Bertz CT molecular complexity index is 908. The summed E-state index contributed by atoms with van der Waals surface area (Å²) in [5.74, 6) is -1.85. The van der Waals surface area contributed by atoms with Crippen LogP contribution < -0.4 is 4.72 Å². The van der Waals surface area contributed by atoms with Gasteiger partial charge in [-0.15, -0.1) is 0 Å². The van der Waals surface area contributed by atoms with Crippen molar-refractivity contribution in [2.24, 2.45) is 0 Å². The average molecular weight is 393 g/mol. The molecule has 2 aromatic carbocycles. The molecule has 0 aliphatic carbocycles. The summed E-state index contributed by atoms with van der Waals surface area (Å²) < 4.78 is 44.0. The number of carbonyl (C=O) groups is 2. The number of sulfonamides is 1. The van der Waals surface area contributed by atoms with Gasteiger partial charge in [0.1, 0.15) is 12.4 Å². The lowest BCUT2D eigenvalue weighted by Crippen LogP contribution is -2.34. The van der Waals surface area contributed by atoms with E-state index in [1.165, 1.54) is 6.92 Å². The molecule has 27 heavy (non-hydrogen) atoms. The van der Waals surface area contributed by atoms with Crippen LogP contribution in [0.25, 0.3) is 0 Å². The summed E-state index contributed by atoms with van der Waals surface area (Å²) in [6.07, 6.45) is -0.215. The molecule has 0 radical (unpaired) electrons. The molecule has 144 valence electrons. The van der Waals surface area contributed by atoms with Crippen molar-refractivity contribution in [1.29, 1.82) is 0 Å². The maximum absolute atomic E-state index is 12.9. The number of Topliss-reactive ketones (excluding diaryl/α,β-unsaturated/α-hetero) is 1. The van der Waals surface area contributed by atoms with Gasteiger partial charge >= 0.3 is 5.97 Å². The van der Waals surface area contributed by atoms with Crippen molar-refractivity contribution in [2.45, 2.75) is 31.3 Å². The highest BCUT2D eigenvalue weighted by Crippen LogP contribution is 2.11. The van der Waals surface area contributed by atoms with E-state index in [4.69, 9.17) is 4.74 Å². The number of nitrogens with one attached hydrogen (secondary N) is 1. The van der Waals surface area contributed by atoms with Crippen molar-refractivity contribution >= 4 is 21.8 Å². The molecular weight excluding hydrogens is 373 g/mol. The third-order valence-electron chi connectivity index (χ3n) is 3.85. The number of esters is 1. The molecule has 0 amide bonds. The van der Waals surface area contributed by atoms with Gasteiger partial charge in [-0.2, -0.15) is 4.72 Å². The molecule has 0 aromatic heterocycles. The number of carbonyl (C=O) groups excluding carboxylic acids is 2. The molecule has 0 fully saturated rings. The molecule has 8 heteroatoms. The predicted molar refractivity (Wildman–Crippen MR) is 97.3 cm³/mol. The van der Waals surface area contributed by atoms with Crippen LogP contribution in [0.2, 0.25) is 0 Å². The summed E-state index contributed by atoms with van der Waals surface area (Å²) in [5.41, 5.74) is 1.48. The highest BCUT2D eigenvalue weighted by atomic mass is 32.2. The van der Waals surface area contributed by atoms with E-state index < -0.39 is 34.5 Å². The van der Waals surface area contributed by atoms with Gasteiger partial charge in [0.2, 0.25) is 15.8 Å². The van der Waals surface area contributed by atoms with Gasteiger partial charge in [-0.05, 0) is 43.2 Å². The van der Waals surface area contributed by atoms with Crippen LogP contribution in [0.4, 0.5) is 4.39 Å². The van der Waals surface area contributed by atoms with Crippen LogP contribution >= 0.6 is 0 Å². The highest BCUT2D eigenvalue weighted by Gasteiger charge is 2.21. The zero-order chi connectivity index (χ0) is 20.0. The van der Waals surface area contributed by atoms with Gasteiger partial charge in [0, 0.05) is 5.56 Å². The minimum absolute atomic E-state index is 0.183. The lowest BCUT2D eigenvalue weighted by Gasteiger charge is -2.13. The van der Waals surface area contributed by atoms with E-state index in [1.54, 1.807) is 12.1 Å². The van der Waals surface area contributed by atoms with Gasteiger partial charge in [0.05, 0.1) is 4.90 Å². The minimum Gasteiger partial charge on any atom is -0.453 e. The number of ether oxygens (including phenoxy) is 1. The highest BCUT2D eigenvalue weighted by molar-refractivity contribution is 7.89. The number of hydrogen-bond acceptors (Lipinski definition) is 5. The zero-order valence-electron chi connectivity index (χ0n) is 14.9. The SMILES string of the molecule is CCc1ccc(C(=O)[C@@H](C)OC(=O)CNS(=O)(=O)c2ccc(F)cc2)cc1. The van der Waals surface area contributed by atoms with E-state index in [-0.39, 0.29) is 10.7 Å². The second kappa shape index (κ2) is 8.88. The Morgan fingerprint density at radius 3 is 2.22 bits per heavy atom. The molecule has 6 nitrogen and oxygen atoms in total. The summed E-state index contributed by atoms with van der Waals surface area (Å²) in [4.78, 5) is 24.0. The Morgan fingerprint density at radius 1 is 1.07 bits per heavy atom. The molecule has 0 unspecified atom stereocenters. The van der Waals surface area contributed by atoms with E-state index >= 15 is 0 Å². The number of ketones is 1. The number of hydrogen-bond donors (Lipinski definition) is 1. The smallest absolute Gasteiger partial charge is 0.321 e. The van der Waals surface area contributed by atoms with Crippen molar-refractivity contribution in [3.8, 4) is 0 Å². The molecule has 2 aromatic rings. The van der Waals surface area contributed by atoms with E-state index in [9.17, 15) is 22.4 Å². The third-order valence-corrected chi connectivity index (χ3v) is 5.27. The van der Waals surface area contributed by atoms with Crippen LogP contribution in [0, 0.1) is 5.82 Å². The third kappa shape index (κ3) is 5.70. The first-order valence-corrected chi connectivity index (χ1v) is 9.79.